The molecule has 0 unspecified atom stereocenters. The molecule has 2 aromatic rings. The number of hydrogen-bond donors (Lipinski definition) is 2. The summed E-state index contributed by atoms with van der Waals surface area (Å²) in [5, 5.41) is 17.9. The van der Waals surface area contributed by atoms with E-state index in [9.17, 15) is 4.79 Å². The molecule has 0 bridgehead atoms. The molecule has 1 aliphatic carbocycles. The number of aliphatic hydroxyl groups is 1. The van der Waals surface area contributed by atoms with Crippen molar-refractivity contribution < 1.29 is 15.0 Å². The summed E-state index contributed by atoms with van der Waals surface area (Å²) in [6.07, 6.45) is 5.17. The first kappa shape index (κ1) is 14.1. The summed E-state index contributed by atoms with van der Waals surface area (Å²) >= 11 is 0. The second-order valence-corrected chi connectivity index (χ2v) is 5.69. The normalized spacial score (nSPS) is 14.7. The van der Waals surface area contributed by atoms with E-state index in [0.717, 1.165) is 42.7 Å². The van der Waals surface area contributed by atoms with Crippen molar-refractivity contribution in [3.63, 3.8) is 0 Å². The van der Waals surface area contributed by atoms with Crippen LogP contribution in [0, 0.1) is 0 Å². The van der Waals surface area contributed by atoms with Crippen molar-refractivity contribution >= 4 is 17.0 Å². The van der Waals surface area contributed by atoms with Gasteiger partial charge in [0.1, 0.15) is 5.82 Å². The van der Waals surface area contributed by atoms with E-state index in [1.165, 1.54) is 12.8 Å². The summed E-state index contributed by atoms with van der Waals surface area (Å²) in [5.41, 5.74) is 2.08. The van der Waals surface area contributed by atoms with Crippen LogP contribution in [0.15, 0.2) is 18.2 Å². The van der Waals surface area contributed by atoms with Gasteiger partial charge in [0, 0.05) is 19.1 Å². The van der Waals surface area contributed by atoms with E-state index in [0.29, 0.717) is 5.92 Å². The average molecular weight is 288 g/mol. The van der Waals surface area contributed by atoms with Gasteiger partial charge in [0.2, 0.25) is 0 Å². The summed E-state index contributed by atoms with van der Waals surface area (Å²) < 4.78 is 2.23. The third kappa shape index (κ3) is 2.93. The average Bonchev–Trinajstić information content (AvgIpc) is 3.25. The van der Waals surface area contributed by atoms with Gasteiger partial charge in [-0.2, -0.15) is 0 Å². The zero-order valence-corrected chi connectivity index (χ0v) is 12.0. The predicted octanol–water partition coefficient (Wildman–Crippen LogP) is 2.77. The lowest BCUT2D eigenvalue weighted by Crippen LogP contribution is -2.03. The standard InChI is InChI=1S/C16H20N2O3/c19-9-3-1-2-8-18-14-7-6-12(16(20)21)10-13(14)17-15(18)11-4-5-11/h6-7,10-11,19H,1-5,8-9H2,(H,20,21). The van der Waals surface area contributed by atoms with Crippen LogP contribution < -0.4 is 0 Å². The largest absolute Gasteiger partial charge is 0.478 e. The van der Waals surface area contributed by atoms with Gasteiger partial charge in [-0.3, -0.25) is 0 Å². The number of nitrogens with zero attached hydrogens (tertiary/aromatic N) is 2. The number of carbonyl (C=O) groups is 1. The number of aliphatic hydroxyl groups excluding tert-OH is 1. The zero-order valence-electron chi connectivity index (χ0n) is 12.0. The molecule has 1 aromatic heterocycles. The molecule has 21 heavy (non-hydrogen) atoms. The maximum atomic E-state index is 11.1. The summed E-state index contributed by atoms with van der Waals surface area (Å²) in [6.45, 7) is 1.12. The Morgan fingerprint density at radius 3 is 2.76 bits per heavy atom. The minimum Gasteiger partial charge on any atom is -0.478 e. The smallest absolute Gasteiger partial charge is 0.335 e. The Bertz CT molecular complexity index is 659. The lowest BCUT2D eigenvalue weighted by Gasteiger charge is -2.08. The second kappa shape index (κ2) is 5.85. The SMILES string of the molecule is O=C(O)c1ccc2c(c1)nc(C1CC1)n2CCCCCO. The van der Waals surface area contributed by atoms with Crippen LogP contribution in [0.2, 0.25) is 0 Å². The molecule has 0 atom stereocenters. The number of benzene rings is 1. The third-order valence-electron chi connectivity index (χ3n) is 4.01. The highest BCUT2D eigenvalue weighted by Crippen LogP contribution is 2.40. The number of unbranched alkanes of at least 4 members (excludes halogenated alkanes) is 2. The van der Waals surface area contributed by atoms with E-state index in [1.807, 2.05) is 6.07 Å². The van der Waals surface area contributed by atoms with Gasteiger partial charge in [-0.15, -0.1) is 0 Å². The molecule has 1 aromatic carbocycles. The van der Waals surface area contributed by atoms with Crippen molar-refractivity contribution in [3.8, 4) is 0 Å². The van der Waals surface area contributed by atoms with Crippen molar-refractivity contribution in [1.82, 2.24) is 9.55 Å². The number of aromatic nitrogens is 2. The van der Waals surface area contributed by atoms with Crippen LogP contribution in [0.25, 0.3) is 11.0 Å². The fourth-order valence-electron chi connectivity index (χ4n) is 2.73. The van der Waals surface area contributed by atoms with Crippen LogP contribution in [0.5, 0.6) is 0 Å². The minimum atomic E-state index is -0.914. The number of fused-ring (bicyclic) bond motifs is 1. The molecular formula is C16H20N2O3. The first-order chi connectivity index (χ1) is 10.2. The summed E-state index contributed by atoms with van der Waals surface area (Å²) in [4.78, 5) is 15.7. The molecule has 0 saturated heterocycles. The van der Waals surface area contributed by atoms with Crippen LogP contribution in [-0.2, 0) is 6.54 Å². The molecule has 1 fully saturated rings. The molecule has 1 aliphatic rings. The number of imidazole rings is 1. The number of aromatic carboxylic acids is 1. The number of rotatable bonds is 7. The van der Waals surface area contributed by atoms with Gasteiger partial charge in [-0.05, 0) is 50.3 Å². The highest BCUT2D eigenvalue weighted by atomic mass is 16.4. The van der Waals surface area contributed by atoms with Crippen molar-refractivity contribution in [2.75, 3.05) is 6.61 Å². The van der Waals surface area contributed by atoms with Crippen molar-refractivity contribution in [2.24, 2.45) is 0 Å². The van der Waals surface area contributed by atoms with Crippen LogP contribution in [0.1, 0.15) is 54.2 Å². The number of hydrogen-bond acceptors (Lipinski definition) is 3. The van der Waals surface area contributed by atoms with E-state index in [2.05, 4.69) is 9.55 Å². The molecule has 0 spiro atoms. The maximum absolute atomic E-state index is 11.1. The van der Waals surface area contributed by atoms with Crippen molar-refractivity contribution in [1.29, 1.82) is 0 Å². The second-order valence-electron chi connectivity index (χ2n) is 5.69. The van der Waals surface area contributed by atoms with Gasteiger partial charge < -0.3 is 14.8 Å². The van der Waals surface area contributed by atoms with Gasteiger partial charge in [0.05, 0.1) is 16.6 Å². The Hall–Kier alpha value is -1.88. The van der Waals surface area contributed by atoms with Gasteiger partial charge >= 0.3 is 5.97 Å². The predicted molar refractivity (Wildman–Crippen MR) is 79.6 cm³/mol. The van der Waals surface area contributed by atoms with E-state index >= 15 is 0 Å². The first-order valence-corrected chi connectivity index (χ1v) is 7.55. The fraction of sp³-hybridized carbons (Fsp3) is 0.500. The first-order valence-electron chi connectivity index (χ1n) is 7.55. The number of aryl methyl sites for hydroxylation is 1. The van der Waals surface area contributed by atoms with Gasteiger partial charge in [0.15, 0.2) is 0 Å². The number of carboxylic acid groups (broad SMARTS) is 1. The van der Waals surface area contributed by atoms with E-state index < -0.39 is 5.97 Å². The molecule has 0 radical (unpaired) electrons. The van der Waals surface area contributed by atoms with E-state index in [1.54, 1.807) is 12.1 Å². The zero-order chi connectivity index (χ0) is 14.8. The summed E-state index contributed by atoms with van der Waals surface area (Å²) in [6, 6.07) is 5.17. The van der Waals surface area contributed by atoms with Crippen molar-refractivity contribution in [3.05, 3.63) is 29.6 Å². The molecular weight excluding hydrogens is 268 g/mol. The van der Waals surface area contributed by atoms with Gasteiger partial charge in [-0.1, -0.05) is 0 Å². The van der Waals surface area contributed by atoms with Gasteiger partial charge in [0.25, 0.3) is 0 Å². The quantitative estimate of drug-likeness (QED) is 0.768. The highest BCUT2D eigenvalue weighted by molar-refractivity contribution is 5.92. The fourth-order valence-corrected chi connectivity index (χ4v) is 2.73. The summed E-state index contributed by atoms with van der Waals surface area (Å²) in [7, 11) is 0. The Kier molecular flexibility index (Phi) is 3.92. The monoisotopic (exact) mass is 288 g/mol. The Morgan fingerprint density at radius 1 is 1.29 bits per heavy atom. The van der Waals surface area contributed by atoms with Crippen LogP contribution >= 0.6 is 0 Å². The lowest BCUT2D eigenvalue weighted by atomic mass is 10.2. The minimum absolute atomic E-state index is 0.238. The molecule has 1 heterocycles. The molecule has 5 heteroatoms. The number of carboxylic acids is 1. The molecule has 2 N–H and O–H groups in total. The maximum Gasteiger partial charge on any atom is 0.335 e. The topological polar surface area (TPSA) is 75.3 Å². The molecule has 5 nitrogen and oxygen atoms in total. The lowest BCUT2D eigenvalue weighted by molar-refractivity contribution is 0.0697. The third-order valence-corrected chi connectivity index (χ3v) is 4.01. The van der Waals surface area contributed by atoms with Crippen molar-refractivity contribution in [2.45, 2.75) is 44.6 Å². The summed E-state index contributed by atoms with van der Waals surface area (Å²) in [5.74, 6) is 0.711. The Labute approximate surface area is 123 Å². The van der Waals surface area contributed by atoms with E-state index in [4.69, 9.17) is 10.2 Å². The van der Waals surface area contributed by atoms with Gasteiger partial charge in [-0.25, -0.2) is 9.78 Å². The molecule has 3 rings (SSSR count). The Morgan fingerprint density at radius 2 is 2.10 bits per heavy atom. The molecule has 0 aliphatic heterocycles. The molecule has 112 valence electrons. The molecule has 1 saturated carbocycles. The highest BCUT2D eigenvalue weighted by Gasteiger charge is 2.29. The Balaban J connectivity index is 1.91. The van der Waals surface area contributed by atoms with E-state index in [-0.39, 0.29) is 12.2 Å². The van der Waals surface area contributed by atoms with Crippen LogP contribution in [0.3, 0.4) is 0 Å². The van der Waals surface area contributed by atoms with Crippen LogP contribution in [-0.4, -0.2) is 32.3 Å². The molecule has 0 amide bonds. The van der Waals surface area contributed by atoms with Crippen LogP contribution in [0.4, 0.5) is 0 Å².